The second kappa shape index (κ2) is 2.60. The monoisotopic (exact) mass is 138 g/mol. The maximum Gasteiger partial charge on any atom is 0.264 e. The highest BCUT2D eigenvalue weighted by molar-refractivity contribution is 4.73. The quantitative estimate of drug-likeness (QED) is 0.584. The van der Waals surface area contributed by atoms with Crippen LogP contribution < -0.4 is 0 Å². The number of hydrogen-bond acceptors (Lipinski definition) is 1. The molecule has 0 aliphatic rings. The van der Waals surface area contributed by atoms with Crippen LogP contribution in [0.4, 0.5) is 8.78 Å². The molecular weight excluding hydrogens is 126 g/mol. The van der Waals surface area contributed by atoms with E-state index in [1.165, 1.54) is 0 Å². The maximum atomic E-state index is 11.7. The molecule has 0 saturated heterocycles. The van der Waals surface area contributed by atoms with Crippen LogP contribution >= 0.6 is 0 Å². The molecule has 0 rings (SSSR count). The lowest BCUT2D eigenvalue weighted by Crippen LogP contribution is -2.32. The van der Waals surface area contributed by atoms with Crippen molar-refractivity contribution in [3.8, 4) is 0 Å². The van der Waals surface area contributed by atoms with Gasteiger partial charge in [0.1, 0.15) is 6.10 Å². The molecule has 9 heavy (non-hydrogen) atoms. The van der Waals surface area contributed by atoms with Crippen LogP contribution in [0.3, 0.4) is 0 Å². The topological polar surface area (TPSA) is 20.2 Å². The van der Waals surface area contributed by atoms with Crippen molar-refractivity contribution in [1.82, 2.24) is 0 Å². The molecule has 56 valence electrons. The van der Waals surface area contributed by atoms with Gasteiger partial charge >= 0.3 is 0 Å². The summed E-state index contributed by atoms with van der Waals surface area (Å²) < 4.78 is 23.3. The van der Waals surface area contributed by atoms with Crippen molar-refractivity contribution >= 4 is 0 Å². The van der Waals surface area contributed by atoms with Crippen LogP contribution in [0.25, 0.3) is 0 Å². The third kappa shape index (κ3) is 2.75. The van der Waals surface area contributed by atoms with Crippen LogP contribution in [0.1, 0.15) is 20.8 Å². The van der Waals surface area contributed by atoms with Gasteiger partial charge in [0.2, 0.25) is 0 Å². The van der Waals surface area contributed by atoms with Crippen molar-refractivity contribution in [2.75, 3.05) is 0 Å². The lowest BCUT2D eigenvalue weighted by Gasteiger charge is -2.24. The molecule has 0 saturated carbocycles. The molecular formula is C6H12F2O. The van der Waals surface area contributed by atoms with Crippen LogP contribution in [0, 0.1) is 5.41 Å². The minimum atomic E-state index is -2.63. The fourth-order valence-electron chi connectivity index (χ4n) is 0.378. The average molecular weight is 138 g/mol. The Kier molecular flexibility index (Phi) is 2.55. The second-order valence-electron chi connectivity index (χ2n) is 3.15. The predicted octanol–water partition coefficient (Wildman–Crippen LogP) is 1.66. The van der Waals surface area contributed by atoms with E-state index in [-0.39, 0.29) is 0 Å². The molecule has 1 N–H and O–H groups in total. The second-order valence-corrected chi connectivity index (χ2v) is 3.15. The van der Waals surface area contributed by atoms with Gasteiger partial charge in [0.25, 0.3) is 6.43 Å². The van der Waals surface area contributed by atoms with Crippen LogP contribution in [-0.4, -0.2) is 17.6 Å². The molecule has 0 spiro atoms. The number of aliphatic hydroxyl groups is 1. The highest BCUT2D eigenvalue weighted by Gasteiger charge is 2.29. The summed E-state index contributed by atoms with van der Waals surface area (Å²) in [5, 5.41) is 8.71. The molecule has 0 fully saturated rings. The van der Waals surface area contributed by atoms with Gasteiger partial charge in [-0.3, -0.25) is 0 Å². The summed E-state index contributed by atoms with van der Waals surface area (Å²) >= 11 is 0. The van der Waals surface area contributed by atoms with Crippen molar-refractivity contribution in [2.45, 2.75) is 33.3 Å². The normalized spacial score (nSPS) is 16.3. The van der Waals surface area contributed by atoms with E-state index in [4.69, 9.17) is 5.11 Å². The van der Waals surface area contributed by atoms with Crippen LogP contribution in [-0.2, 0) is 0 Å². The molecule has 1 atom stereocenters. The summed E-state index contributed by atoms with van der Waals surface area (Å²) in [6.45, 7) is 4.72. The molecule has 0 aromatic rings. The zero-order chi connectivity index (χ0) is 7.65. The third-order valence-electron chi connectivity index (χ3n) is 1.13. The minimum Gasteiger partial charge on any atom is -0.387 e. The van der Waals surface area contributed by atoms with Gasteiger partial charge in [-0.25, -0.2) is 8.78 Å². The molecule has 1 nitrogen and oxygen atoms in total. The molecule has 3 heteroatoms. The lowest BCUT2D eigenvalue weighted by atomic mass is 9.89. The Bertz CT molecular complexity index is 85.5. The Labute approximate surface area is 53.7 Å². The first kappa shape index (κ1) is 8.82. The van der Waals surface area contributed by atoms with Crippen LogP contribution in [0.5, 0.6) is 0 Å². The van der Waals surface area contributed by atoms with Gasteiger partial charge in [0, 0.05) is 0 Å². The van der Waals surface area contributed by atoms with E-state index in [9.17, 15) is 8.78 Å². The van der Waals surface area contributed by atoms with Gasteiger partial charge in [-0.05, 0) is 5.41 Å². The SMILES string of the molecule is CC(C)(C)[C@@H](O)C(F)F. The third-order valence-corrected chi connectivity index (χ3v) is 1.13. The Morgan fingerprint density at radius 2 is 1.56 bits per heavy atom. The van der Waals surface area contributed by atoms with Gasteiger partial charge in [-0.15, -0.1) is 0 Å². The van der Waals surface area contributed by atoms with E-state index >= 15 is 0 Å². The van der Waals surface area contributed by atoms with Crippen molar-refractivity contribution in [3.63, 3.8) is 0 Å². The average Bonchev–Trinajstić information content (AvgIpc) is 1.62. The Balaban J connectivity index is 3.88. The Hall–Kier alpha value is -0.180. The number of alkyl halides is 2. The summed E-state index contributed by atoms with van der Waals surface area (Å²) in [5.41, 5.74) is -0.714. The first-order valence-electron chi connectivity index (χ1n) is 2.82. The first-order chi connectivity index (χ1) is 3.85. The number of hydrogen-bond donors (Lipinski definition) is 1. The van der Waals surface area contributed by atoms with E-state index in [1.807, 2.05) is 0 Å². The van der Waals surface area contributed by atoms with Gasteiger partial charge in [-0.2, -0.15) is 0 Å². The van der Waals surface area contributed by atoms with Crippen molar-refractivity contribution in [1.29, 1.82) is 0 Å². The number of halogens is 2. The van der Waals surface area contributed by atoms with Crippen LogP contribution in [0.15, 0.2) is 0 Å². The van der Waals surface area contributed by atoms with E-state index < -0.39 is 17.9 Å². The Morgan fingerprint density at radius 1 is 1.22 bits per heavy atom. The van der Waals surface area contributed by atoms with E-state index in [2.05, 4.69) is 0 Å². The maximum absolute atomic E-state index is 11.7. The van der Waals surface area contributed by atoms with E-state index in [0.29, 0.717) is 0 Å². The smallest absolute Gasteiger partial charge is 0.264 e. The van der Waals surface area contributed by atoms with Gasteiger partial charge in [0.05, 0.1) is 0 Å². The summed E-state index contributed by atoms with van der Waals surface area (Å²) in [4.78, 5) is 0. The Morgan fingerprint density at radius 3 is 1.56 bits per heavy atom. The molecule has 0 aromatic carbocycles. The van der Waals surface area contributed by atoms with Crippen molar-refractivity contribution in [2.24, 2.45) is 5.41 Å². The largest absolute Gasteiger partial charge is 0.387 e. The summed E-state index contributed by atoms with van der Waals surface area (Å²) in [6, 6.07) is 0. The van der Waals surface area contributed by atoms with Gasteiger partial charge in [-0.1, -0.05) is 20.8 Å². The molecule has 0 amide bonds. The fraction of sp³-hybridized carbons (Fsp3) is 1.00. The van der Waals surface area contributed by atoms with E-state index in [0.717, 1.165) is 0 Å². The molecule has 0 unspecified atom stereocenters. The minimum absolute atomic E-state index is 0.714. The predicted molar refractivity (Wildman–Crippen MR) is 31.5 cm³/mol. The molecule has 0 aliphatic heterocycles. The molecule has 0 heterocycles. The summed E-state index contributed by atoms with van der Waals surface area (Å²) in [6.07, 6.45) is -4.15. The standard InChI is InChI=1S/C6H12F2O/c1-6(2,3)4(9)5(7)8/h4-5,9H,1-3H3/t4-/m0/s1. The summed E-state index contributed by atoms with van der Waals surface area (Å²) in [7, 11) is 0. The first-order valence-corrected chi connectivity index (χ1v) is 2.82. The zero-order valence-corrected chi connectivity index (χ0v) is 5.86. The fourth-order valence-corrected chi connectivity index (χ4v) is 0.378. The molecule has 0 aromatic heterocycles. The lowest BCUT2D eigenvalue weighted by molar-refractivity contribution is -0.0636. The van der Waals surface area contributed by atoms with Crippen molar-refractivity contribution < 1.29 is 13.9 Å². The number of rotatable bonds is 1. The van der Waals surface area contributed by atoms with Gasteiger partial charge in [0.15, 0.2) is 0 Å². The van der Waals surface area contributed by atoms with E-state index in [1.54, 1.807) is 20.8 Å². The van der Waals surface area contributed by atoms with Crippen molar-refractivity contribution in [3.05, 3.63) is 0 Å². The van der Waals surface area contributed by atoms with Gasteiger partial charge < -0.3 is 5.11 Å². The molecule has 0 radical (unpaired) electrons. The zero-order valence-electron chi connectivity index (χ0n) is 5.86. The highest BCUT2D eigenvalue weighted by atomic mass is 19.3. The van der Waals surface area contributed by atoms with Crippen LogP contribution in [0.2, 0.25) is 0 Å². The number of aliphatic hydroxyl groups excluding tert-OH is 1. The molecule has 0 bridgehead atoms. The summed E-state index contributed by atoms with van der Waals surface area (Å²) in [5.74, 6) is 0. The molecule has 0 aliphatic carbocycles. The highest BCUT2D eigenvalue weighted by Crippen LogP contribution is 2.23.